The van der Waals surface area contributed by atoms with Crippen LogP contribution in [-0.2, 0) is 0 Å². The van der Waals surface area contributed by atoms with Crippen LogP contribution >= 0.6 is 0 Å². The first kappa shape index (κ1) is 18.2. The number of rotatable bonds is 3. The number of carbonyl (C=O) groups is 2. The van der Waals surface area contributed by atoms with Gasteiger partial charge in [0.25, 0.3) is 11.8 Å². The quantitative estimate of drug-likeness (QED) is 0.571. The number of fused-ring (bicyclic) bond motifs is 2. The van der Waals surface area contributed by atoms with E-state index in [4.69, 9.17) is 0 Å². The van der Waals surface area contributed by atoms with Gasteiger partial charge in [-0.15, -0.1) is 0 Å². The lowest BCUT2D eigenvalue weighted by Gasteiger charge is -2.25. The first-order valence-corrected chi connectivity index (χ1v) is 9.88. The fourth-order valence-corrected chi connectivity index (χ4v) is 4.20. The lowest BCUT2D eigenvalue weighted by molar-refractivity contribution is 0.0727. The highest BCUT2D eigenvalue weighted by Gasteiger charge is 2.34. The molecule has 2 amide bonds. The zero-order valence-electron chi connectivity index (χ0n) is 16.4. The number of hydrogen-bond acceptors (Lipinski definition) is 5. The molecule has 5 rings (SSSR count). The first-order chi connectivity index (χ1) is 14.7. The fourth-order valence-electron chi connectivity index (χ4n) is 4.20. The summed E-state index contributed by atoms with van der Waals surface area (Å²) in [5, 5.41) is 8.83. The number of likely N-dealkylation sites (tertiary alicyclic amines) is 1. The molecule has 1 aliphatic heterocycles. The lowest BCUT2D eigenvalue weighted by atomic mass is 10.1. The Morgan fingerprint density at radius 1 is 1.10 bits per heavy atom. The molecule has 1 aliphatic rings. The predicted octanol–water partition coefficient (Wildman–Crippen LogP) is 2.61. The van der Waals surface area contributed by atoms with E-state index in [0.29, 0.717) is 23.4 Å². The maximum absolute atomic E-state index is 13.5. The molecule has 30 heavy (non-hydrogen) atoms. The average Bonchev–Trinajstić information content (AvgIpc) is 3.45. The van der Waals surface area contributed by atoms with Crippen LogP contribution in [0.4, 0.5) is 0 Å². The number of aromatic nitrogens is 4. The summed E-state index contributed by atoms with van der Waals surface area (Å²) >= 11 is 0. The summed E-state index contributed by atoms with van der Waals surface area (Å²) in [6, 6.07) is 11.4. The van der Waals surface area contributed by atoms with E-state index in [2.05, 4.69) is 20.4 Å². The van der Waals surface area contributed by atoms with Crippen LogP contribution in [-0.4, -0.2) is 49.9 Å². The van der Waals surface area contributed by atoms with E-state index in [1.54, 1.807) is 24.0 Å². The molecule has 8 heteroatoms. The average molecular weight is 400 g/mol. The molecule has 0 radical (unpaired) electrons. The minimum Gasteiger partial charge on any atom is -0.355 e. The van der Waals surface area contributed by atoms with Gasteiger partial charge in [-0.05, 0) is 30.4 Å². The van der Waals surface area contributed by atoms with Gasteiger partial charge in [0.1, 0.15) is 11.3 Å². The molecule has 8 nitrogen and oxygen atoms in total. The van der Waals surface area contributed by atoms with Gasteiger partial charge in [0.15, 0.2) is 5.65 Å². The van der Waals surface area contributed by atoms with Crippen molar-refractivity contribution in [2.24, 2.45) is 0 Å². The van der Waals surface area contributed by atoms with Crippen molar-refractivity contribution >= 4 is 28.2 Å². The highest BCUT2D eigenvalue weighted by molar-refractivity contribution is 6.05. The fraction of sp³-hybridized carbons (Fsp3) is 0.227. The van der Waals surface area contributed by atoms with E-state index < -0.39 is 0 Å². The van der Waals surface area contributed by atoms with Gasteiger partial charge in [-0.2, -0.15) is 5.10 Å². The normalized spacial score (nSPS) is 16.3. The number of nitrogens with zero attached hydrogens (tertiary/aromatic N) is 5. The lowest BCUT2D eigenvalue weighted by Crippen LogP contribution is -2.32. The van der Waals surface area contributed by atoms with Crippen LogP contribution in [0.2, 0.25) is 0 Å². The van der Waals surface area contributed by atoms with Gasteiger partial charge in [-0.3, -0.25) is 14.6 Å². The summed E-state index contributed by atoms with van der Waals surface area (Å²) < 4.78 is 1.66. The predicted molar refractivity (Wildman–Crippen MR) is 111 cm³/mol. The Hall–Kier alpha value is -3.81. The minimum atomic E-state index is -0.242. The molecule has 1 aromatic carbocycles. The second kappa shape index (κ2) is 7.22. The standard InChI is InChI=1S/C22H20N6O2/c1-23-21(29)16-13-26-28-18(9-11-25-20(16)28)17-7-4-12-27(17)22(30)19-15-6-3-2-5-14(15)8-10-24-19/h2-3,5-6,8-11,13,17H,4,7,12H2,1H3,(H,23,29)/t17-/m0/s1. The third-order valence-corrected chi connectivity index (χ3v) is 5.63. The monoisotopic (exact) mass is 400 g/mol. The Kier molecular flexibility index (Phi) is 4.39. The molecule has 4 aromatic rings. The van der Waals surface area contributed by atoms with Crippen molar-refractivity contribution in [2.75, 3.05) is 13.6 Å². The Bertz CT molecular complexity index is 1280. The summed E-state index contributed by atoms with van der Waals surface area (Å²) in [5.74, 6) is -0.341. The molecule has 1 saturated heterocycles. The third-order valence-electron chi connectivity index (χ3n) is 5.63. The highest BCUT2D eigenvalue weighted by Crippen LogP contribution is 2.34. The topological polar surface area (TPSA) is 92.5 Å². The van der Waals surface area contributed by atoms with Crippen molar-refractivity contribution in [3.05, 3.63) is 71.9 Å². The minimum absolute atomic E-state index is 0.0991. The van der Waals surface area contributed by atoms with E-state index in [9.17, 15) is 9.59 Å². The number of benzene rings is 1. The second-order valence-corrected chi connectivity index (χ2v) is 7.28. The van der Waals surface area contributed by atoms with E-state index in [1.807, 2.05) is 41.3 Å². The largest absolute Gasteiger partial charge is 0.355 e. The van der Waals surface area contributed by atoms with Crippen molar-refractivity contribution in [1.29, 1.82) is 0 Å². The first-order valence-electron chi connectivity index (χ1n) is 9.88. The maximum Gasteiger partial charge on any atom is 0.273 e. The van der Waals surface area contributed by atoms with Crippen LogP contribution in [0.5, 0.6) is 0 Å². The molecule has 0 bridgehead atoms. The van der Waals surface area contributed by atoms with Crippen LogP contribution in [0.15, 0.2) is 55.0 Å². The van der Waals surface area contributed by atoms with E-state index in [-0.39, 0.29) is 17.9 Å². The Balaban J connectivity index is 1.57. The van der Waals surface area contributed by atoms with E-state index >= 15 is 0 Å². The van der Waals surface area contributed by atoms with Crippen LogP contribution in [0.3, 0.4) is 0 Å². The van der Waals surface area contributed by atoms with Crippen molar-refractivity contribution < 1.29 is 9.59 Å². The maximum atomic E-state index is 13.5. The van der Waals surface area contributed by atoms with E-state index in [1.165, 1.54) is 6.20 Å². The molecular weight excluding hydrogens is 380 g/mol. The molecule has 0 spiro atoms. The molecule has 150 valence electrons. The number of carbonyl (C=O) groups excluding carboxylic acids is 2. The van der Waals surface area contributed by atoms with Gasteiger partial charge in [0, 0.05) is 31.4 Å². The van der Waals surface area contributed by atoms with Gasteiger partial charge < -0.3 is 10.2 Å². The Morgan fingerprint density at radius 2 is 1.93 bits per heavy atom. The van der Waals surface area contributed by atoms with Crippen molar-refractivity contribution in [2.45, 2.75) is 18.9 Å². The van der Waals surface area contributed by atoms with Gasteiger partial charge in [-0.25, -0.2) is 9.50 Å². The highest BCUT2D eigenvalue weighted by atomic mass is 16.2. The SMILES string of the molecule is CNC(=O)c1cnn2c([C@@H]3CCCN3C(=O)c3nccc4ccccc34)ccnc12. The summed E-state index contributed by atoms with van der Waals surface area (Å²) in [7, 11) is 1.57. The smallest absolute Gasteiger partial charge is 0.273 e. The molecule has 1 atom stereocenters. The summed E-state index contributed by atoms with van der Waals surface area (Å²) in [4.78, 5) is 36.2. The zero-order chi connectivity index (χ0) is 20.7. The Morgan fingerprint density at radius 3 is 2.80 bits per heavy atom. The molecule has 0 aliphatic carbocycles. The third kappa shape index (κ3) is 2.80. The molecular formula is C22H20N6O2. The van der Waals surface area contributed by atoms with Crippen LogP contribution in [0, 0.1) is 0 Å². The second-order valence-electron chi connectivity index (χ2n) is 7.28. The molecule has 4 heterocycles. The molecule has 0 saturated carbocycles. The van der Waals surface area contributed by atoms with Crippen molar-refractivity contribution in [1.82, 2.24) is 29.8 Å². The molecule has 3 aromatic heterocycles. The number of hydrogen-bond donors (Lipinski definition) is 1. The van der Waals surface area contributed by atoms with Gasteiger partial charge in [-0.1, -0.05) is 24.3 Å². The van der Waals surface area contributed by atoms with Crippen LogP contribution in [0.25, 0.3) is 16.4 Å². The summed E-state index contributed by atoms with van der Waals surface area (Å²) in [6.07, 6.45) is 6.54. The van der Waals surface area contributed by atoms with Gasteiger partial charge in [0.05, 0.1) is 17.9 Å². The van der Waals surface area contributed by atoms with E-state index in [0.717, 1.165) is 29.3 Å². The van der Waals surface area contributed by atoms with Crippen molar-refractivity contribution in [3.8, 4) is 0 Å². The van der Waals surface area contributed by atoms with Gasteiger partial charge >= 0.3 is 0 Å². The van der Waals surface area contributed by atoms with Crippen LogP contribution < -0.4 is 5.32 Å². The van der Waals surface area contributed by atoms with Crippen molar-refractivity contribution in [3.63, 3.8) is 0 Å². The Labute approximate surface area is 172 Å². The molecule has 0 unspecified atom stereocenters. The summed E-state index contributed by atoms with van der Waals surface area (Å²) in [5.41, 5.74) is 2.18. The number of pyridine rings is 1. The van der Waals surface area contributed by atoms with Crippen LogP contribution in [0.1, 0.15) is 45.4 Å². The zero-order valence-corrected chi connectivity index (χ0v) is 16.4. The molecule has 1 fully saturated rings. The van der Waals surface area contributed by atoms with Gasteiger partial charge in [0.2, 0.25) is 0 Å². The summed E-state index contributed by atoms with van der Waals surface area (Å²) in [6.45, 7) is 0.641. The molecule has 1 N–H and O–H groups in total. The number of nitrogens with one attached hydrogen (secondary N) is 1. The number of amides is 2.